The van der Waals surface area contributed by atoms with Crippen LogP contribution in [0.4, 0.5) is 0 Å². The lowest BCUT2D eigenvalue weighted by molar-refractivity contribution is -0.152. The van der Waals surface area contributed by atoms with Crippen molar-refractivity contribution in [1.29, 1.82) is 0 Å². The molecule has 0 radical (unpaired) electrons. The molecule has 1 unspecified atom stereocenters. The van der Waals surface area contributed by atoms with Crippen molar-refractivity contribution in [2.24, 2.45) is 12.8 Å². The summed E-state index contributed by atoms with van der Waals surface area (Å²) < 4.78 is 15.3. The first-order valence-electron chi connectivity index (χ1n) is 15.2. The number of carboxylic acid groups (broad SMARTS) is 1. The first-order chi connectivity index (χ1) is 21.5. The van der Waals surface area contributed by atoms with Gasteiger partial charge in [0, 0.05) is 42.2 Å². The van der Waals surface area contributed by atoms with Crippen LogP contribution in [0.5, 0.6) is 5.75 Å². The number of carbonyl (C=O) groups excluding carboxylic acids is 2. The van der Waals surface area contributed by atoms with Crippen molar-refractivity contribution in [3.8, 4) is 17.1 Å². The number of hydrogen-bond donors (Lipinski definition) is 3. The van der Waals surface area contributed by atoms with E-state index in [1.807, 2.05) is 36.0 Å². The number of imidazole rings is 1. The third-order valence-corrected chi connectivity index (χ3v) is 8.68. The van der Waals surface area contributed by atoms with Crippen LogP contribution in [0.25, 0.3) is 33.3 Å². The van der Waals surface area contributed by atoms with E-state index in [9.17, 15) is 19.5 Å². The number of primary amides is 1. The molecule has 11 nitrogen and oxygen atoms in total. The Morgan fingerprint density at radius 3 is 2.56 bits per heavy atom. The van der Waals surface area contributed by atoms with Crippen LogP contribution in [0.1, 0.15) is 67.9 Å². The van der Waals surface area contributed by atoms with Gasteiger partial charge in [-0.05, 0) is 74.7 Å². The number of rotatable bonds is 10. The van der Waals surface area contributed by atoms with E-state index < -0.39 is 29.4 Å². The third kappa shape index (κ3) is 5.90. The van der Waals surface area contributed by atoms with Gasteiger partial charge in [-0.3, -0.25) is 9.59 Å². The molecule has 1 fully saturated rings. The van der Waals surface area contributed by atoms with Gasteiger partial charge < -0.3 is 34.4 Å². The smallest absolute Gasteiger partial charge is 0.347 e. The van der Waals surface area contributed by atoms with Gasteiger partial charge in [0.05, 0.1) is 22.9 Å². The molecule has 2 amide bonds. The number of aliphatic carboxylic acids is 1. The van der Waals surface area contributed by atoms with Crippen LogP contribution < -0.4 is 15.8 Å². The van der Waals surface area contributed by atoms with Crippen molar-refractivity contribution < 1.29 is 28.6 Å². The fraction of sp³-hybridized carbons (Fsp3) is 0.353. The van der Waals surface area contributed by atoms with Crippen LogP contribution in [0.2, 0.25) is 0 Å². The number of carbonyl (C=O) groups is 3. The summed E-state index contributed by atoms with van der Waals surface area (Å²) in [5, 5.41) is 13.1. The van der Waals surface area contributed by atoms with Crippen LogP contribution in [0, 0.1) is 0 Å². The third-order valence-electron chi connectivity index (χ3n) is 8.68. The number of nitrogens with zero attached hydrogens (tertiary/aromatic N) is 3. The van der Waals surface area contributed by atoms with E-state index in [0.29, 0.717) is 22.9 Å². The second-order valence-corrected chi connectivity index (χ2v) is 12.3. The Labute approximate surface area is 260 Å². The van der Waals surface area contributed by atoms with Crippen LogP contribution in [0.15, 0.2) is 65.6 Å². The number of ether oxygens (including phenoxy) is 1. The minimum absolute atomic E-state index is 0.132. The predicted octanol–water partition coefficient (Wildman–Crippen LogP) is 5.36. The molecule has 5 aromatic rings. The highest BCUT2D eigenvalue weighted by molar-refractivity contribution is 6.00. The lowest BCUT2D eigenvalue weighted by Gasteiger charge is -2.25. The van der Waals surface area contributed by atoms with Gasteiger partial charge in [0.1, 0.15) is 23.9 Å². The maximum atomic E-state index is 13.5. The van der Waals surface area contributed by atoms with Crippen LogP contribution in [0.3, 0.4) is 0 Å². The average Bonchev–Trinajstić information content (AvgIpc) is 3.74. The number of hydrogen-bond acceptors (Lipinski definition) is 6. The van der Waals surface area contributed by atoms with Crippen LogP contribution in [-0.2, 0) is 23.1 Å². The SMILES string of the molecule is Cn1cc(CC(NC(=O)c2ccc3c(c2)nc(-c2ccoc2)n3C2CCCCC2)C(N)=O)c2cc(OC(C)(C)C(=O)O)ccc21. The molecule has 1 aliphatic carbocycles. The highest BCUT2D eigenvalue weighted by atomic mass is 16.5. The van der Waals surface area contributed by atoms with Gasteiger partial charge in [-0.1, -0.05) is 19.3 Å². The van der Waals surface area contributed by atoms with E-state index in [4.69, 9.17) is 19.9 Å². The largest absolute Gasteiger partial charge is 0.478 e. The lowest BCUT2D eigenvalue weighted by Crippen LogP contribution is -2.45. The number of furan rings is 1. The van der Waals surface area contributed by atoms with Crippen molar-refractivity contribution in [2.75, 3.05) is 0 Å². The van der Waals surface area contributed by atoms with Gasteiger partial charge in [0.2, 0.25) is 5.91 Å². The number of carboxylic acids is 1. The fourth-order valence-electron chi connectivity index (χ4n) is 6.25. The highest BCUT2D eigenvalue weighted by Crippen LogP contribution is 2.36. The summed E-state index contributed by atoms with van der Waals surface area (Å²) in [5.41, 5.74) is 8.84. The highest BCUT2D eigenvalue weighted by Gasteiger charge is 2.30. The molecule has 0 aliphatic heterocycles. The number of fused-ring (bicyclic) bond motifs is 2. The number of aromatic nitrogens is 3. The summed E-state index contributed by atoms with van der Waals surface area (Å²) in [7, 11) is 1.87. The molecule has 0 bridgehead atoms. The first-order valence-corrected chi connectivity index (χ1v) is 15.2. The molecular formula is C34H37N5O6. The molecule has 1 atom stereocenters. The lowest BCUT2D eigenvalue weighted by atomic mass is 9.95. The molecule has 3 heterocycles. The quantitative estimate of drug-likeness (QED) is 0.192. The Kier molecular flexibility index (Phi) is 7.86. The maximum Gasteiger partial charge on any atom is 0.347 e. The normalized spacial score (nSPS) is 14.9. The van der Waals surface area contributed by atoms with Gasteiger partial charge in [-0.25, -0.2) is 9.78 Å². The molecule has 6 rings (SSSR count). The number of benzene rings is 2. The molecule has 1 saturated carbocycles. The van der Waals surface area contributed by atoms with Gasteiger partial charge in [-0.2, -0.15) is 0 Å². The summed E-state index contributed by atoms with van der Waals surface area (Å²) >= 11 is 0. The number of amides is 2. The molecule has 11 heteroatoms. The summed E-state index contributed by atoms with van der Waals surface area (Å²) in [6.45, 7) is 2.94. The molecule has 3 aromatic heterocycles. The zero-order valence-corrected chi connectivity index (χ0v) is 25.6. The summed E-state index contributed by atoms with van der Waals surface area (Å²) in [6.07, 6.45) is 11.0. The molecule has 4 N–H and O–H groups in total. The zero-order valence-electron chi connectivity index (χ0n) is 25.6. The fourth-order valence-corrected chi connectivity index (χ4v) is 6.25. The molecule has 234 valence electrons. The molecule has 0 saturated heterocycles. The Balaban J connectivity index is 1.27. The molecule has 45 heavy (non-hydrogen) atoms. The van der Waals surface area contributed by atoms with Gasteiger partial charge in [-0.15, -0.1) is 0 Å². The summed E-state index contributed by atoms with van der Waals surface area (Å²) in [4.78, 5) is 42.6. The zero-order chi connectivity index (χ0) is 31.9. The van der Waals surface area contributed by atoms with Crippen molar-refractivity contribution in [3.63, 3.8) is 0 Å². The van der Waals surface area contributed by atoms with Crippen LogP contribution >= 0.6 is 0 Å². The van der Waals surface area contributed by atoms with E-state index in [1.54, 1.807) is 36.8 Å². The molecular weight excluding hydrogens is 574 g/mol. The van der Waals surface area contributed by atoms with Crippen molar-refractivity contribution >= 4 is 39.7 Å². The first kappa shape index (κ1) is 30.0. The van der Waals surface area contributed by atoms with E-state index in [-0.39, 0.29) is 6.42 Å². The van der Waals surface area contributed by atoms with Crippen LogP contribution in [-0.4, -0.2) is 48.7 Å². The number of nitrogens with one attached hydrogen (secondary N) is 1. The Morgan fingerprint density at radius 2 is 1.87 bits per heavy atom. The topological polar surface area (TPSA) is 155 Å². The second kappa shape index (κ2) is 11.8. The molecule has 0 spiro atoms. The van der Waals surface area contributed by atoms with E-state index in [0.717, 1.165) is 59.1 Å². The summed E-state index contributed by atoms with van der Waals surface area (Å²) in [6, 6.07) is 11.9. The van der Waals surface area contributed by atoms with E-state index in [2.05, 4.69) is 9.88 Å². The van der Waals surface area contributed by atoms with Crippen molar-refractivity contribution in [2.45, 2.75) is 70.1 Å². The average molecular weight is 612 g/mol. The Bertz CT molecular complexity index is 1900. The Morgan fingerprint density at radius 1 is 1.11 bits per heavy atom. The second-order valence-electron chi connectivity index (χ2n) is 12.3. The monoisotopic (exact) mass is 611 g/mol. The van der Waals surface area contributed by atoms with Gasteiger partial charge in [0.25, 0.3) is 5.91 Å². The molecule has 1 aliphatic rings. The van der Waals surface area contributed by atoms with Gasteiger partial charge in [0.15, 0.2) is 5.60 Å². The Hall–Kier alpha value is -5.06. The maximum absolute atomic E-state index is 13.5. The predicted molar refractivity (Wildman–Crippen MR) is 169 cm³/mol. The van der Waals surface area contributed by atoms with E-state index in [1.165, 1.54) is 20.3 Å². The molecule has 2 aromatic carbocycles. The number of aryl methyl sites for hydroxylation is 1. The van der Waals surface area contributed by atoms with E-state index >= 15 is 0 Å². The minimum atomic E-state index is -1.43. The van der Waals surface area contributed by atoms with Crippen molar-refractivity contribution in [3.05, 3.63) is 72.3 Å². The van der Waals surface area contributed by atoms with Gasteiger partial charge >= 0.3 is 5.97 Å². The number of nitrogens with two attached hydrogens (primary N) is 1. The standard InChI is InChI=1S/C34H37N5O6/c1-34(2,33(42)43)45-24-10-12-28-25(17-24)22(18-38(28)3)16-27(30(35)40)37-32(41)20-9-11-29-26(15-20)36-31(21-13-14-44-19-21)39(29)23-7-5-4-6-8-23/h9-15,17-19,23,27H,4-8,16H2,1-3H3,(H2,35,40)(H,37,41)(H,42,43). The minimum Gasteiger partial charge on any atom is -0.478 e. The van der Waals surface area contributed by atoms with Crippen molar-refractivity contribution in [1.82, 2.24) is 19.4 Å². The summed E-state index contributed by atoms with van der Waals surface area (Å²) in [5.74, 6) is -1.03.